The Labute approximate surface area is 106 Å². The summed E-state index contributed by atoms with van der Waals surface area (Å²) in [6, 6.07) is 6.47. The average molecular weight is 251 g/mol. The number of hydrogen-bond donors (Lipinski definition) is 1. The van der Waals surface area contributed by atoms with E-state index in [9.17, 15) is 9.50 Å². The van der Waals surface area contributed by atoms with Crippen LogP contribution in [0.3, 0.4) is 0 Å². The second-order valence-electron chi connectivity index (χ2n) is 4.36. The molecule has 1 aliphatic rings. The fraction of sp³-hybridized carbons (Fsp3) is 0.429. The maximum absolute atomic E-state index is 12.7. The molecule has 0 aliphatic carbocycles. The van der Waals surface area contributed by atoms with Gasteiger partial charge in [0.2, 0.25) is 0 Å². The van der Waals surface area contributed by atoms with Gasteiger partial charge in [0.15, 0.2) is 0 Å². The molecule has 4 heteroatoms. The van der Waals surface area contributed by atoms with Crippen LogP contribution < -0.4 is 0 Å². The smallest absolute Gasteiger partial charge is 0.123 e. The highest BCUT2D eigenvalue weighted by Crippen LogP contribution is 2.08. The summed E-state index contributed by atoms with van der Waals surface area (Å²) in [6.07, 6.45) is 3.99. The van der Waals surface area contributed by atoms with Crippen molar-refractivity contribution in [3.05, 3.63) is 41.7 Å². The number of rotatable bonds is 4. The van der Waals surface area contributed by atoms with E-state index in [0.29, 0.717) is 13.2 Å². The molecule has 0 radical (unpaired) electrons. The average Bonchev–Trinajstić information content (AvgIpc) is 2.41. The van der Waals surface area contributed by atoms with Gasteiger partial charge >= 0.3 is 0 Å². The van der Waals surface area contributed by atoms with Gasteiger partial charge < -0.3 is 9.84 Å². The first kappa shape index (κ1) is 13.2. The van der Waals surface area contributed by atoms with Crippen molar-refractivity contribution in [1.82, 2.24) is 4.90 Å². The van der Waals surface area contributed by atoms with E-state index in [4.69, 9.17) is 4.74 Å². The van der Waals surface area contributed by atoms with Gasteiger partial charge in [-0.25, -0.2) is 4.39 Å². The molecule has 1 aliphatic heterocycles. The van der Waals surface area contributed by atoms with Crippen molar-refractivity contribution in [3.63, 3.8) is 0 Å². The first-order valence-corrected chi connectivity index (χ1v) is 6.14. The summed E-state index contributed by atoms with van der Waals surface area (Å²) < 4.78 is 18.0. The van der Waals surface area contributed by atoms with E-state index in [1.54, 1.807) is 12.1 Å². The Bertz CT molecular complexity index is 391. The third-order valence-electron chi connectivity index (χ3n) is 3.08. The molecular weight excluding hydrogens is 233 g/mol. The highest BCUT2D eigenvalue weighted by Gasteiger charge is 2.20. The molecule has 0 bridgehead atoms. The Morgan fingerprint density at radius 3 is 2.89 bits per heavy atom. The number of aliphatic hydroxyl groups excluding tert-OH is 1. The fourth-order valence-corrected chi connectivity index (χ4v) is 2.00. The molecule has 0 aromatic heterocycles. The van der Waals surface area contributed by atoms with E-state index >= 15 is 0 Å². The van der Waals surface area contributed by atoms with Crippen LogP contribution in [0, 0.1) is 5.82 Å². The van der Waals surface area contributed by atoms with Gasteiger partial charge in [0.25, 0.3) is 0 Å². The molecule has 0 saturated carbocycles. The van der Waals surface area contributed by atoms with Crippen LogP contribution >= 0.6 is 0 Å². The summed E-state index contributed by atoms with van der Waals surface area (Å²) in [7, 11) is 0. The van der Waals surface area contributed by atoms with E-state index in [-0.39, 0.29) is 18.5 Å². The van der Waals surface area contributed by atoms with Gasteiger partial charge in [-0.1, -0.05) is 24.3 Å². The molecule has 1 aromatic rings. The third kappa shape index (κ3) is 3.63. The number of benzene rings is 1. The van der Waals surface area contributed by atoms with Gasteiger partial charge in [-0.05, 0) is 17.7 Å². The van der Waals surface area contributed by atoms with Gasteiger partial charge in [-0.2, -0.15) is 0 Å². The molecule has 3 nitrogen and oxygen atoms in total. The normalized spacial score (nSPS) is 21.6. The van der Waals surface area contributed by atoms with Crippen LogP contribution in [-0.4, -0.2) is 49.0 Å². The molecule has 1 heterocycles. The van der Waals surface area contributed by atoms with Crippen LogP contribution in [0.5, 0.6) is 0 Å². The van der Waals surface area contributed by atoms with E-state index < -0.39 is 0 Å². The van der Waals surface area contributed by atoms with Crippen LogP contribution in [0.1, 0.15) is 5.56 Å². The van der Waals surface area contributed by atoms with Crippen molar-refractivity contribution >= 4 is 6.08 Å². The summed E-state index contributed by atoms with van der Waals surface area (Å²) in [5.74, 6) is -0.222. The van der Waals surface area contributed by atoms with Crippen molar-refractivity contribution in [2.24, 2.45) is 0 Å². The van der Waals surface area contributed by atoms with Gasteiger partial charge in [0.1, 0.15) is 5.82 Å². The summed E-state index contributed by atoms with van der Waals surface area (Å²) in [6.45, 7) is 3.01. The summed E-state index contributed by atoms with van der Waals surface area (Å²) in [4.78, 5) is 2.18. The molecule has 1 fully saturated rings. The summed E-state index contributed by atoms with van der Waals surface area (Å²) in [5, 5.41) is 9.22. The highest BCUT2D eigenvalue weighted by molar-refractivity contribution is 5.48. The fourth-order valence-electron chi connectivity index (χ4n) is 2.00. The van der Waals surface area contributed by atoms with E-state index in [1.807, 2.05) is 12.2 Å². The Morgan fingerprint density at radius 1 is 1.39 bits per heavy atom. The molecule has 1 unspecified atom stereocenters. The van der Waals surface area contributed by atoms with Gasteiger partial charge in [0.05, 0.1) is 25.9 Å². The molecule has 1 atom stereocenters. The summed E-state index contributed by atoms with van der Waals surface area (Å²) >= 11 is 0. The predicted octanol–water partition coefficient (Wildman–Crippen LogP) is 1.53. The minimum absolute atomic E-state index is 0.0802. The molecule has 0 spiro atoms. The maximum atomic E-state index is 12.7. The lowest BCUT2D eigenvalue weighted by atomic mass is 10.2. The molecule has 1 N–H and O–H groups in total. The largest absolute Gasteiger partial charge is 0.395 e. The van der Waals surface area contributed by atoms with E-state index in [0.717, 1.165) is 18.7 Å². The number of halogens is 1. The van der Waals surface area contributed by atoms with Crippen molar-refractivity contribution in [3.8, 4) is 0 Å². The lowest BCUT2D eigenvalue weighted by Gasteiger charge is -2.33. The van der Waals surface area contributed by atoms with Gasteiger partial charge in [-0.3, -0.25) is 4.90 Å². The van der Waals surface area contributed by atoms with Gasteiger partial charge in [0, 0.05) is 13.1 Å². The zero-order valence-electron chi connectivity index (χ0n) is 10.3. The minimum atomic E-state index is -0.222. The SMILES string of the molecule is OCC1COCCN1CC=Cc1ccc(F)cc1. The van der Waals surface area contributed by atoms with E-state index in [2.05, 4.69) is 4.90 Å². The van der Waals surface area contributed by atoms with Crippen LogP contribution in [0.2, 0.25) is 0 Å². The van der Waals surface area contributed by atoms with Gasteiger partial charge in [-0.15, -0.1) is 0 Å². The molecule has 1 saturated heterocycles. The predicted molar refractivity (Wildman–Crippen MR) is 68.7 cm³/mol. The van der Waals surface area contributed by atoms with Crippen LogP contribution in [0.15, 0.2) is 30.3 Å². The second kappa shape index (κ2) is 6.64. The minimum Gasteiger partial charge on any atom is -0.395 e. The Balaban J connectivity index is 1.88. The monoisotopic (exact) mass is 251 g/mol. The third-order valence-corrected chi connectivity index (χ3v) is 3.08. The maximum Gasteiger partial charge on any atom is 0.123 e. The second-order valence-corrected chi connectivity index (χ2v) is 4.36. The lowest BCUT2D eigenvalue weighted by molar-refractivity contribution is -0.0218. The van der Waals surface area contributed by atoms with Crippen LogP contribution in [-0.2, 0) is 4.74 Å². The van der Waals surface area contributed by atoms with Crippen molar-refractivity contribution in [2.45, 2.75) is 6.04 Å². The topological polar surface area (TPSA) is 32.7 Å². The zero-order valence-corrected chi connectivity index (χ0v) is 10.3. The zero-order chi connectivity index (χ0) is 12.8. The molecule has 1 aromatic carbocycles. The number of morpholine rings is 1. The number of ether oxygens (including phenoxy) is 1. The first-order chi connectivity index (χ1) is 8.79. The Kier molecular flexibility index (Phi) is 4.87. The first-order valence-electron chi connectivity index (χ1n) is 6.14. The Morgan fingerprint density at radius 2 is 2.17 bits per heavy atom. The van der Waals surface area contributed by atoms with Crippen LogP contribution in [0.25, 0.3) is 6.08 Å². The summed E-state index contributed by atoms with van der Waals surface area (Å²) in [5.41, 5.74) is 0.977. The van der Waals surface area contributed by atoms with E-state index in [1.165, 1.54) is 12.1 Å². The lowest BCUT2D eigenvalue weighted by Crippen LogP contribution is -2.47. The number of hydrogen-bond acceptors (Lipinski definition) is 3. The molecule has 98 valence electrons. The number of nitrogens with zero attached hydrogens (tertiary/aromatic N) is 1. The molecule has 18 heavy (non-hydrogen) atoms. The molecule has 0 amide bonds. The molecule has 2 rings (SSSR count). The quantitative estimate of drug-likeness (QED) is 0.881. The van der Waals surface area contributed by atoms with Crippen LogP contribution in [0.4, 0.5) is 4.39 Å². The highest BCUT2D eigenvalue weighted by atomic mass is 19.1. The Hall–Kier alpha value is -1.23. The molecular formula is C14H18FNO2. The van der Waals surface area contributed by atoms with Crippen molar-refractivity contribution < 1.29 is 14.2 Å². The van der Waals surface area contributed by atoms with Crippen molar-refractivity contribution in [1.29, 1.82) is 0 Å². The standard InChI is InChI=1S/C14H18FNO2/c15-13-5-3-12(4-6-13)2-1-7-16-8-9-18-11-14(16)10-17/h1-6,14,17H,7-11H2. The number of aliphatic hydroxyl groups is 1. The van der Waals surface area contributed by atoms with Crippen molar-refractivity contribution in [2.75, 3.05) is 32.9 Å².